The summed E-state index contributed by atoms with van der Waals surface area (Å²) >= 11 is 3.56. The summed E-state index contributed by atoms with van der Waals surface area (Å²) in [6.07, 6.45) is 1.78. The van der Waals surface area contributed by atoms with Gasteiger partial charge in [0, 0.05) is 21.0 Å². The summed E-state index contributed by atoms with van der Waals surface area (Å²) in [5, 5.41) is 0. The lowest BCUT2D eigenvalue weighted by Gasteiger charge is -2.44. The summed E-state index contributed by atoms with van der Waals surface area (Å²) < 4.78 is 17.9. The molecule has 0 radical (unpaired) electrons. The molecule has 0 saturated heterocycles. The molecular weight excluding hydrogens is 393 g/mol. The van der Waals surface area contributed by atoms with Crippen molar-refractivity contribution in [1.82, 2.24) is 9.55 Å². The quantitative estimate of drug-likeness (QED) is 0.470. The lowest BCUT2D eigenvalue weighted by atomic mass is 9.66. The van der Waals surface area contributed by atoms with E-state index in [0.717, 1.165) is 32.5 Å². The first-order valence-corrected chi connectivity index (χ1v) is 9.46. The number of rotatable bonds is 0. The molecular formula is C21H21BrFN3. The Morgan fingerprint density at radius 3 is 2.54 bits per heavy atom. The van der Waals surface area contributed by atoms with Crippen LogP contribution in [0.25, 0.3) is 11.0 Å². The van der Waals surface area contributed by atoms with Crippen LogP contribution in [-0.4, -0.2) is 20.9 Å². The Bertz CT molecular complexity index is 1080. The van der Waals surface area contributed by atoms with Gasteiger partial charge in [0.1, 0.15) is 18.0 Å². The number of benzene rings is 2. The first-order valence-electron chi connectivity index (χ1n) is 8.67. The average Bonchev–Trinajstić information content (AvgIpc) is 2.99. The van der Waals surface area contributed by atoms with Crippen molar-refractivity contribution in [3.8, 4) is 0 Å². The monoisotopic (exact) mass is 413 g/mol. The minimum absolute atomic E-state index is 0.184. The van der Waals surface area contributed by atoms with Crippen molar-refractivity contribution in [2.75, 3.05) is 0 Å². The highest BCUT2D eigenvalue weighted by Crippen LogP contribution is 2.44. The summed E-state index contributed by atoms with van der Waals surface area (Å²) in [6.45, 7) is 10.3. The van der Waals surface area contributed by atoms with E-state index in [4.69, 9.17) is 4.99 Å². The first-order chi connectivity index (χ1) is 12.1. The molecule has 0 saturated carbocycles. The zero-order valence-electron chi connectivity index (χ0n) is 15.6. The van der Waals surface area contributed by atoms with Gasteiger partial charge >= 0.3 is 0 Å². The van der Waals surface area contributed by atoms with Gasteiger partial charge in [-0.05, 0) is 44.5 Å². The van der Waals surface area contributed by atoms with Crippen molar-refractivity contribution in [3.63, 3.8) is 0 Å². The van der Waals surface area contributed by atoms with E-state index in [1.165, 1.54) is 6.07 Å². The predicted molar refractivity (Wildman–Crippen MR) is 108 cm³/mol. The smallest absolute Gasteiger partial charge is 0.141 e. The molecule has 0 amide bonds. The Morgan fingerprint density at radius 2 is 1.81 bits per heavy atom. The van der Waals surface area contributed by atoms with Gasteiger partial charge in [0.2, 0.25) is 0 Å². The second kappa shape index (κ2) is 5.49. The Hall–Kier alpha value is -2.01. The van der Waals surface area contributed by atoms with Gasteiger partial charge < -0.3 is 0 Å². The maximum Gasteiger partial charge on any atom is 0.141 e. The van der Waals surface area contributed by atoms with E-state index in [1.54, 1.807) is 12.4 Å². The Balaban J connectivity index is 2.06. The van der Waals surface area contributed by atoms with Crippen LogP contribution in [0.5, 0.6) is 0 Å². The van der Waals surface area contributed by atoms with Gasteiger partial charge in [-0.15, -0.1) is 0 Å². The Labute approximate surface area is 161 Å². The van der Waals surface area contributed by atoms with Crippen LogP contribution in [0, 0.1) is 12.7 Å². The van der Waals surface area contributed by atoms with E-state index in [1.807, 2.05) is 29.7 Å². The van der Waals surface area contributed by atoms with Crippen molar-refractivity contribution in [2.45, 2.75) is 45.6 Å². The van der Waals surface area contributed by atoms with Gasteiger partial charge in [-0.2, -0.15) is 0 Å². The summed E-state index contributed by atoms with van der Waals surface area (Å²) in [6, 6.07) is 9.27. The first kappa shape index (κ1) is 17.4. The van der Waals surface area contributed by atoms with E-state index in [0.29, 0.717) is 5.56 Å². The lowest BCUT2D eigenvalue weighted by Crippen LogP contribution is -2.47. The highest BCUT2D eigenvalue weighted by molar-refractivity contribution is 9.10. The molecule has 0 unspecified atom stereocenters. The fourth-order valence-corrected chi connectivity index (χ4v) is 3.98. The molecule has 2 heterocycles. The average molecular weight is 414 g/mol. The molecule has 1 aliphatic rings. The molecule has 0 atom stereocenters. The summed E-state index contributed by atoms with van der Waals surface area (Å²) in [5.41, 5.74) is 3.62. The molecule has 0 spiro atoms. The third-order valence-corrected chi connectivity index (χ3v) is 6.79. The maximum absolute atomic E-state index is 14.9. The van der Waals surface area contributed by atoms with Crippen LogP contribution in [0.4, 0.5) is 4.39 Å². The van der Waals surface area contributed by atoms with Crippen molar-refractivity contribution < 1.29 is 4.39 Å². The van der Waals surface area contributed by atoms with Crippen molar-refractivity contribution in [1.29, 1.82) is 0 Å². The molecule has 3 nitrogen and oxygen atoms in total. The standard InChI is InChI=1S/C21H21BrFN3/c1-12-14(22)9-10-16-18(12)24-11-26(16)19-13-7-6-8-15(23)17(13)20(2,3)21(4,5)25-19/h6-11H,1-5H3. The number of imidazole rings is 1. The molecule has 3 aromatic rings. The molecule has 1 aromatic heterocycles. The molecule has 5 heteroatoms. The molecule has 26 heavy (non-hydrogen) atoms. The minimum atomic E-state index is -0.460. The summed E-state index contributed by atoms with van der Waals surface area (Å²) in [7, 11) is 0. The van der Waals surface area contributed by atoms with E-state index >= 15 is 0 Å². The molecule has 4 rings (SSSR count). The van der Waals surface area contributed by atoms with Crippen LogP contribution >= 0.6 is 15.9 Å². The zero-order chi connectivity index (χ0) is 18.9. The number of halogens is 2. The van der Waals surface area contributed by atoms with Crippen LogP contribution in [0.2, 0.25) is 0 Å². The highest BCUT2D eigenvalue weighted by atomic mass is 79.9. The summed E-state index contributed by atoms with van der Waals surface area (Å²) in [4.78, 5) is 9.65. The van der Waals surface area contributed by atoms with E-state index in [-0.39, 0.29) is 5.82 Å². The number of aromatic nitrogens is 2. The van der Waals surface area contributed by atoms with Crippen molar-refractivity contribution >= 4 is 32.8 Å². The second-order valence-corrected chi connectivity index (χ2v) is 8.79. The normalized spacial score (nSPS) is 17.9. The molecule has 134 valence electrons. The number of fused-ring (bicyclic) bond motifs is 2. The van der Waals surface area contributed by atoms with Gasteiger partial charge in [-0.25, -0.2) is 9.37 Å². The molecule has 0 aliphatic carbocycles. The predicted octanol–water partition coefficient (Wildman–Crippen LogP) is 5.61. The van der Waals surface area contributed by atoms with Crippen LogP contribution in [0.15, 0.2) is 46.1 Å². The summed E-state index contributed by atoms with van der Waals surface area (Å²) in [5.74, 6) is 0.560. The van der Waals surface area contributed by atoms with Gasteiger partial charge in [-0.1, -0.05) is 41.9 Å². The fourth-order valence-electron chi connectivity index (χ4n) is 3.67. The molecule has 0 N–H and O–H groups in total. The largest absolute Gasteiger partial charge is 0.283 e. The zero-order valence-corrected chi connectivity index (χ0v) is 17.1. The van der Waals surface area contributed by atoms with Crippen molar-refractivity contribution in [3.05, 3.63) is 63.6 Å². The van der Waals surface area contributed by atoms with Crippen molar-refractivity contribution in [2.24, 2.45) is 4.99 Å². The topological polar surface area (TPSA) is 30.2 Å². The fraction of sp³-hybridized carbons (Fsp3) is 0.333. The lowest BCUT2D eigenvalue weighted by molar-refractivity contribution is 0.292. The Kier molecular flexibility index (Phi) is 3.68. The second-order valence-electron chi connectivity index (χ2n) is 7.94. The SMILES string of the molecule is Cc1c(Br)ccc2c1ncn2C1=NC(C)(C)C(C)(C)c2c(F)cccc21. The maximum atomic E-state index is 14.9. The van der Waals surface area contributed by atoms with E-state index in [9.17, 15) is 4.39 Å². The number of hydrogen-bond acceptors (Lipinski definition) is 2. The van der Waals surface area contributed by atoms with Gasteiger partial charge in [0.25, 0.3) is 0 Å². The van der Waals surface area contributed by atoms with Crippen LogP contribution < -0.4 is 0 Å². The Morgan fingerprint density at radius 1 is 1.08 bits per heavy atom. The molecule has 0 fully saturated rings. The number of nitrogens with zero attached hydrogens (tertiary/aromatic N) is 3. The van der Waals surface area contributed by atoms with E-state index < -0.39 is 11.0 Å². The molecule has 2 aromatic carbocycles. The van der Waals surface area contributed by atoms with Crippen LogP contribution in [0.3, 0.4) is 0 Å². The third-order valence-electron chi connectivity index (χ3n) is 5.93. The minimum Gasteiger partial charge on any atom is -0.283 e. The molecule has 1 aliphatic heterocycles. The third kappa shape index (κ3) is 2.22. The van der Waals surface area contributed by atoms with E-state index in [2.05, 4.69) is 48.6 Å². The van der Waals surface area contributed by atoms with Crippen LogP contribution in [0.1, 0.15) is 44.4 Å². The number of aryl methyl sites for hydroxylation is 1. The van der Waals surface area contributed by atoms with Gasteiger partial charge in [0.05, 0.1) is 16.6 Å². The number of aliphatic imine (C=N–C) groups is 1. The molecule has 0 bridgehead atoms. The van der Waals surface area contributed by atoms with Gasteiger partial charge in [0.15, 0.2) is 0 Å². The van der Waals surface area contributed by atoms with Crippen LogP contribution in [-0.2, 0) is 5.41 Å². The number of hydrogen-bond donors (Lipinski definition) is 0. The van der Waals surface area contributed by atoms with Gasteiger partial charge in [-0.3, -0.25) is 9.56 Å². The highest BCUT2D eigenvalue weighted by Gasteiger charge is 2.45.